The predicted molar refractivity (Wildman–Crippen MR) is 60.4 cm³/mol. The molecule has 86 valence electrons. The van der Waals surface area contributed by atoms with Crippen molar-refractivity contribution in [1.29, 1.82) is 0 Å². The van der Waals surface area contributed by atoms with E-state index in [1.54, 1.807) is 0 Å². The molecule has 0 radical (unpaired) electrons. The van der Waals surface area contributed by atoms with Crippen molar-refractivity contribution in [3.63, 3.8) is 0 Å². The first-order valence-electron chi connectivity index (χ1n) is 6.10. The summed E-state index contributed by atoms with van der Waals surface area (Å²) in [4.78, 5) is 12.1. The van der Waals surface area contributed by atoms with Crippen LogP contribution >= 0.6 is 0 Å². The molecule has 0 aliphatic heterocycles. The number of rotatable bonds is 3. The molecule has 1 aromatic heterocycles. The summed E-state index contributed by atoms with van der Waals surface area (Å²) in [5.74, 6) is 1.24. The zero-order valence-corrected chi connectivity index (χ0v) is 9.33. The molecule has 0 aromatic carbocycles. The van der Waals surface area contributed by atoms with Crippen LogP contribution in [0.4, 0.5) is 0 Å². The van der Waals surface area contributed by atoms with Gasteiger partial charge in [0.1, 0.15) is 0 Å². The molecule has 0 amide bonds. The number of aromatic amines is 1. The highest BCUT2D eigenvalue weighted by molar-refractivity contribution is 5.99. The molecule has 4 nitrogen and oxygen atoms in total. The molecule has 2 aliphatic carbocycles. The van der Waals surface area contributed by atoms with Crippen LogP contribution in [0.25, 0.3) is 0 Å². The highest BCUT2D eigenvalue weighted by Gasteiger charge is 2.35. The lowest BCUT2D eigenvalue weighted by Crippen LogP contribution is -2.22. The molecule has 1 unspecified atom stereocenters. The molecule has 4 heteroatoms. The highest BCUT2D eigenvalue weighted by atomic mass is 16.1. The first kappa shape index (κ1) is 10.0. The number of carbonyl (C=O) groups excluding carboxylic acids is 1. The van der Waals surface area contributed by atoms with Gasteiger partial charge in [0.2, 0.25) is 0 Å². The fourth-order valence-electron chi connectivity index (χ4n) is 2.67. The average Bonchev–Trinajstić information content (AvgIpc) is 3.00. The van der Waals surface area contributed by atoms with Gasteiger partial charge in [0, 0.05) is 18.0 Å². The average molecular weight is 219 g/mol. The van der Waals surface area contributed by atoms with E-state index in [9.17, 15) is 4.79 Å². The van der Waals surface area contributed by atoms with Crippen LogP contribution < -0.4 is 5.73 Å². The maximum absolute atomic E-state index is 12.1. The molecule has 1 aromatic rings. The van der Waals surface area contributed by atoms with Crippen molar-refractivity contribution < 1.29 is 4.79 Å². The Hall–Kier alpha value is -1.16. The van der Waals surface area contributed by atoms with Gasteiger partial charge in [-0.25, -0.2) is 0 Å². The number of ketones is 1. The number of hydrogen-bond donors (Lipinski definition) is 2. The number of carbonyl (C=O) groups is 1. The van der Waals surface area contributed by atoms with Crippen LogP contribution in [-0.2, 0) is 6.42 Å². The third-order valence-corrected chi connectivity index (χ3v) is 3.65. The summed E-state index contributed by atoms with van der Waals surface area (Å²) in [5.41, 5.74) is 8.55. The summed E-state index contributed by atoms with van der Waals surface area (Å²) in [6, 6.07) is 0. The van der Waals surface area contributed by atoms with E-state index in [0.29, 0.717) is 24.8 Å². The van der Waals surface area contributed by atoms with E-state index >= 15 is 0 Å². The van der Waals surface area contributed by atoms with E-state index in [1.807, 2.05) is 0 Å². The fourth-order valence-corrected chi connectivity index (χ4v) is 2.67. The van der Waals surface area contributed by atoms with Crippen molar-refractivity contribution in [2.24, 2.45) is 11.7 Å². The molecule has 16 heavy (non-hydrogen) atoms. The molecule has 1 heterocycles. The minimum Gasteiger partial charge on any atom is -0.330 e. The minimum atomic E-state index is 0.273. The van der Waals surface area contributed by atoms with E-state index < -0.39 is 0 Å². The summed E-state index contributed by atoms with van der Waals surface area (Å²) in [6.45, 7) is 0.664. The molecular weight excluding hydrogens is 202 g/mol. The molecule has 0 spiro atoms. The molecule has 1 atom stereocenters. The summed E-state index contributed by atoms with van der Waals surface area (Å²) >= 11 is 0. The third kappa shape index (κ3) is 1.57. The highest BCUT2D eigenvalue weighted by Crippen LogP contribution is 2.43. The topological polar surface area (TPSA) is 71.8 Å². The Morgan fingerprint density at radius 1 is 1.38 bits per heavy atom. The van der Waals surface area contributed by atoms with Gasteiger partial charge in [-0.15, -0.1) is 0 Å². The van der Waals surface area contributed by atoms with Crippen molar-refractivity contribution in [1.82, 2.24) is 10.2 Å². The number of aromatic nitrogens is 2. The van der Waals surface area contributed by atoms with E-state index in [0.717, 1.165) is 29.8 Å². The van der Waals surface area contributed by atoms with E-state index in [2.05, 4.69) is 10.2 Å². The molecule has 3 rings (SSSR count). The Morgan fingerprint density at radius 3 is 2.88 bits per heavy atom. The van der Waals surface area contributed by atoms with Crippen LogP contribution in [0, 0.1) is 5.92 Å². The second kappa shape index (κ2) is 3.70. The first-order chi connectivity index (χ1) is 7.79. The van der Waals surface area contributed by atoms with E-state index in [-0.39, 0.29) is 5.78 Å². The molecule has 0 saturated heterocycles. The smallest absolute Gasteiger partial charge is 0.166 e. The minimum absolute atomic E-state index is 0.273. The van der Waals surface area contributed by atoms with E-state index in [1.165, 1.54) is 12.8 Å². The lowest BCUT2D eigenvalue weighted by molar-refractivity contribution is 0.0945. The van der Waals surface area contributed by atoms with Crippen LogP contribution in [0.5, 0.6) is 0 Å². The summed E-state index contributed by atoms with van der Waals surface area (Å²) in [5, 5.41) is 7.38. The summed E-state index contributed by atoms with van der Waals surface area (Å²) < 4.78 is 0. The number of fused-ring (bicyclic) bond motifs is 1. The molecular formula is C12H17N3O. The lowest BCUT2D eigenvalue weighted by atomic mass is 9.83. The molecule has 2 aliphatic rings. The standard InChI is InChI=1S/C12H17N3O/c13-4-3-7-5-9-11(10(16)6-7)12(15-14-9)8-1-2-8/h7-8H,1-6,13H2,(H,14,15). The van der Waals surface area contributed by atoms with Gasteiger partial charge in [-0.3, -0.25) is 9.89 Å². The van der Waals surface area contributed by atoms with Crippen LogP contribution in [0.1, 0.15) is 53.3 Å². The molecule has 1 fully saturated rings. The van der Waals surface area contributed by atoms with Gasteiger partial charge in [0.15, 0.2) is 5.78 Å². The number of hydrogen-bond acceptors (Lipinski definition) is 3. The second-order valence-electron chi connectivity index (χ2n) is 5.01. The number of nitrogens with zero attached hydrogens (tertiary/aromatic N) is 1. The number of Topliss-reactive ketones (excluding diaryl/α,β-unsaturated/α-hetero) is 1. The van der Waals surface area contributed by atoms with Gasteiger partial charge in [-0.1, -0.05) is 0 Å². The van der Waals surface area contributed by atoms with Crippen molar-refractivity contribution in [3.8, 4) is 0 Å². The Bertz CT molecular complexity index is 420. The maximum atomic E-state index is 12.1. The summed E-state index contributed by atoms with van der Waals surface area (Å²) in [6.07, 6.45) is 4.91. The maximum Gasteiger partial charge on any atom is 0.166 e. The van der Waals surface area contributed by atoms with Crippen LogP contribution in [0.3, 0.4) is 0 Å². The Morgan fingerprint density at radius 2 is 2.19 bits per heavy atom. The van der Waals surface area contributed by atoms with Crippen LogP contribution in [-0.4, -0.2) is 22.5 Å². The molecule has 0 bridgehead atoms. The van der Waals surface area contributed by atoms with Crippen LogP contribution in [0.2, 0.25) is 0 Å². The Kier molecular flexibility index (Phi) is 2.32. The molecule has 3 N–H and O–H groups in total. The zero-order chi connectivity index (χ0) is 11.1. The van der Waals surface area contributed by atoms with Gasteiger partial charge in [-0.05, 0) is 38.1 Å². The zero-order valence-electron chi connectivity index (χ0n) is 9.33. The largest absolute Gasteiger partial charge is 0.330 e. The third-order valence-electron chi connectivity index (χ3n) is 3.65. The van der Waals surface area contributed by atoms with Crippen LogP contribution in [0.15, 0.2) is 0 Å². The van der Waals surface area contributed by atoms with Gasteiger partial charge < -0.3 is 5.73 Å². The van der Waals surface area contributed by atoms with Gasteiger partial charge >= 0.3 is 0 Å². The first-order valence-corrected chi connectivity index (χ1v) is 6.10. The summed E-state index contributed by atoms with van der Waals surface area (Å²) in [7, 11) is 0. The number of nitrogens with one attached hydrogen (secondary N) is 1. The molecule has 1 saturated carbocycles. The quantitative estimate of drug-likeness (QED) is 0.806. The number of H-pyrrole nitrogens is 1. The predicted octanol–water partition coefficient (Wildman–Crippen LogP) is 1.38. The van der Waals surface area contributed by atoms with Crippen molar-refractivity contribution in [2.75, 3.05) is 6.54 Å². The monoisotopic (exact) mass is 219 g/mol. The van der Waals surface area contributed by atoms with Gasteiger partial charge in [0.25, 0.3) is 0 Å². The SMILES string of the molecule is NCCC1CC(=O)c2c(C3CC3)n[nH]c2C1. The Labute approximate surface area is 94.6 Å². The fraction of sp³-hybridized carbons (Fsp3) is 0.667. The van der Waals surface area contributed by atoms with Gasteiger partial charge in [0.05, 0.1) is 11.3 Å². The number of nitrogens with two attached hydrogens (primary N) is 1. The Balaban J connectivity index is 1.89. The lowest BCUT2D eigenvalue weighted by Gasteiger charge is -2.20. The normalized spacial score (nSPS) is 24.6. The second-order valence-corrected chi connectivity index (χ2v) is 5.01. The van der Waals surface area contributed by atoms with E-state index in [4.69, 9.17) is 5.73 Å². The van der Waals surface area contributed by atoms with Gasteiger partial charge in [-0.2, -0.15) is 5.10 Å². The van der Waals surface area contributed by atoms with Crippen molar-refractivity contribution >= 4 is 5.78 Å². The van der Waals surface area contributed by atoms with Crippen molar-refractivity contribution in [2.45, 2.75) is 38.0 Å². The van der Waals surface area contributed by atoms with Crippen molar-refractivity contribution in [3.05, 3.63) is 17.0 Å².